The van der Waals surface area contributed by atoms with Crippen LogP contribution in [-0.2, 0) is 0 Å². The van der Waals surface area contributed by atoms with Crippen molar-refractivity contribution in [2.45, 2.75) is 0 Å². The topological polar surface area (TPSA) is 57.4 Å². The molecule has 3 aromatic rings. The molecular weight excluding hydrogens is 318 g/mol. The third-order valence-corrected chi connectivity index (χ3v) is 4.04. The van der Waals surface area contributed by atoms with Gasteiger partial charge in [0, 0.05) is 22.1 Å². The third-order valence-electron chi connectivity index (χ3n) is 4.04. The Morgan fingerprint density at radius 2 is 0.731 bits per heavy atom. The molecule has 0 atom stereocenters. The average molecular weight is 338 g/mol. The minimum atomic E-state index is 0. The molecule has 3 aromatic heterocycles. The van der Waals surface area contributed by atoms with Crippen LogP contribution < -0.4 is 0 Å². The molecule has 0 radical (unpaired) electrons. The van der Waals surface area contributed by atoms with E-state index in [1.54, 1.807) is 0 Å². The van der Waals surface area contributed by atoms with E-state index in [0.29, 0.717) is 0 Å². The Bertz CT molecular complexity index is 994. The fourth-order valence-corrected chi connectivity index (χ4v) is 2.94. The predicted octanol–water partition coefficient (Wildman–Crippen LogP) is 2.29. The molecule has 4 nitrogen and oxygen atoms in total. The van der Waals surface area contributed by atoms with Gasteiger partial charge in [-0.2, -0.15) is 0 Å². The van der Waals surface area contributed by atoms with Crippen molar-refractivity contribution in [3.05, 3.63) is 71.3 Å². The van der Waals surface area contributed by atoms with Crippen LogP contribution in [-0.4, -0.2) is 36.8 Å². The van der Waals surface area contributed by atoms with Crippen molar-refractivity contribution in [3.8, 4) is 0 Å². The molecule has 8 bridgehead atoms. The summed E-state index contributed by atoms with van der Waals surface area (Å²) in [6.07, 6.45) is 8.09. The van der Waals surface area contributed by atoms with E-state index >= 15 is 0 Å². The SMILES string of the molecule is B.B.C1=Cc2cc3ccc(cc4nc(cc5ccc(cc1n2)[nH]5)C=C4)[nH]3. The lowest BCUT2D eigenvalue weighted by Crippen LogP contribution is -1.75. The number of hydrogen-bond donors (Lipinski definition) is 2. The maximum atomic E-state index is 4.63. The number of aromatic amines is 2. The van der Waals surface area contributed by atoms with Crippen LogP contribution in [0.1, 0.15) is 22.8 Å². The van der Waals surface area contributed by atoms with Crippen molar-refractivity contribution in [2.24, 2.45) is 0 Å². The van der Waals surface area contributed by atoms with Gasteiger partial charge >= 0.3 is 0 Å². The lowest BCUT2D eigenvalue weighted by Gasteiger charge is -1.85. The normalized spacial score (nSPS) is 11.7. The van der Waals surface area contributed by atoms with E-state index in [9.17, 15) is 0 Å². The highest BCUT2D eigenvalue weighted by Gasteiger charge is 2.00. The number of hydrogen-bond acceptors (Lipinski definition) is 2. The minimum absolute atomic E-state index is 0. The number of fused-ring (bicyclic) bond motifs is 8. The molecule has 2 N–H and O–H groups in total. The number of rotatable bonds is 0. The van der Waals surface area contributed by atoms with Crippen molar-refractivity contribution in [1.82, 2.24) is 19.9 Å². The molecule has 2 aliphatic heterocycles. The zero-order valence-corrected chi connectivity index (χ0v) is 12.8. The highest BCUT2D eigenvalue weighted by molar-refractivity contribution is 5.77. The first-order chi connectivity index (χ1) is 11.8. The number of aromatic nitrogens is 4. The third kappa shape index (κ3) is 3.40. The van der Waals surface area contributed by atoms with Gasteiger partial charge in [0.05, 0.1) is 39.6 Å². The number of nitrogens with one attached hydrogen (secondary N) is 2. The second kappa shape index (κ2) is 6.92. The van der Waals surface area contributed by atoms with Gasteiger partial charge < -0.3 is 9.97 Å². The monoisotopic (exact) mass is 338 g/mol. The van der Waals surface area contributed by atoms with E-state index in [-0.39, 0.29) is 16.8 Å². The fraction of sp³-hybridized carbons (Fsp3) is 0. The first-order valence-electron chi connectivity index (χ1n) is 7.85. The predicted molar refractivity (Wildman–Crippen MR) is 119 cm³/mol. The second-order valence-corrected chi connectivity index (χ2v) is 5.91. The van der Waals surface area contributed by atoms with Gasteiger partial charge in [-0.25, -0.2) is 9.97 Å². The maximum absolute atomic E-state index is 4.63. The molecule has 0 saturated heterocycles. The summed E-state index contributed by atoms with van der Waals surface area (Å²) in [7, 11) is 0. The molecular formula is C20H20B2N4. The van der Waals surface area contributed by atoms with Gasteiger partial charge in [-0.05, 0) is 72.8 Å². The fourth-order valence-electron chi connectivity index (χ4n) is 2.94. The van der Waals surface area contributed by atoms with E-state index in [0.717, 1.165) is 44.8 Å². The van der Waals surface area contributed by atoms with E-state index in [1.165, 1.54) is 0 Å². The molecule has 0 amide bonds. The molecule has 5 heterocycles. The van der Waals surface area contributed by atoms with Crippen LogP contribution >= 0.6 is 0 Å². The van der Waals surface area contributed by atoms with Gasteiger partial charge in [-0.15, -0.1) is 0 Å². The van der Waals surface area contributed by atoms with E-state index in [1.807, 2.05) is 48.6 Å². The first-order valence-corrected chi connectivity index (χ1v) is 7.85. The maximum Gasteiger partial charge on any atom is 0.0814 e. The number of H-pyrrole nitrogens is 2. The molecule has 6 heteroatoms. The first kappa shape index (κ1) is 17.5. The lowest BCUT2D eigenvalue weighted by atomic mass is 10.3. The standard InChI is InChI=1S/C20H14N4.2BH3/c1-2-14-10-16-5-6-18(23-16)12-20-8-7-19(24-20)11-17-4-3-15(22-17)9-13(1)21-14;;/h1-12,21,24H;2*1H3. The quantitative estimate of drug-likeness (QED) is 0.426. The zero-order chi connectivity index (χ0) is 15.9. The Morgan fingerprint density at radius 3 is 1.00 bits per heavy atom. The van der Waals surface area contributed by atoms with Gasteiger partial charge in [0.25, 0.3) is 0 Å². The van der Waals surface area contributed by atoms with Crippen LogP contribution in [0, 0.1) is 0 Å². The molecule has 0 aromatic carbocycles. The Kier molecular flexibility index (Phi) is 4.67. The van der Waals surface area contributed by atoms with Gasteiger partial charge in [0.2, 0.25) is 0 Å². The molecule has 2 aliphatic rings. The van der Waals surface area contributed by atoms with Crippen molar-refractivity contribution in [3.63, 3.8) is 0 Å². The molecule has 5 rings (SSSR count). The van der Waals surface area contributed by atoms with Crippen LogP contribution in [0.3, 0.4) is 0 Å². The van der Waals surface area contributed by atoms with Crippen molar-refractivity contribution in [2.75, 3.05) is 0 Å². The highest BCUT2D eigenvalue weighted by Crippen LogP contribution is 2.16. The molecule has 0 unspecified atom stereocenters. The van der Waals surface area contributed by atoms with Crippen molar-refractivity contribution < 1.29 is 0 Å². The Labute approximate surface area is 154 Å². The largest absolute Gasteiger partial charge is 0.355 e. The van der Waals surface area contributed by atoms with Crippen LogP contribution in [0.15, 0.2) is 48.5 Å². The summed E-state index contributed by atoms with van der Waals surface area (Å²) in [5.74, 6) is 0. The van der Waals surface area contributed by atoms with E-state index in [2.05, 4.69) is 44.2 Å². The van der Waals surface area contributed by atoms with Crippen LogP contribution in [0.25, 0.3) is 46.4 Å². The summed E-state index contributed by atoms with van der Waals surface area (Å²) >= 11 is 0. The zero-order valence-electron chi connectivity index (χ0n) is 12.8. The molecule has 0 aliphatic carbocycles. The van der Waals surface area contributed by atoms with Crippen LogP contribution in [0.5, 0.6) is 0 Å². The molecule has 0 fully saturated rings. The van der Waals surface area contributed by atoms with Crippen LogP contribution in [0.2, 0.25) is 0 Å². The van der Waals surface area contributed by atoms with Gasteiger partial charge in [0.1, 0.15) is 0 Å². The second-order valence-electron chi connectivity index (χ2n) is 5.91. The Hall–Kier alpha value is -3.27. The van der Waals surface area contributed by atoms with E-state index < -0.39 is 0 Å². The number of nitrogens with zero attached hydrogens (tertiary/aromatic N) is 2. The van der Waals surface area contributed by atoms with Crippen LogP contribution in [0.4, 0.5) is 0 Å². The molecule has 26 heavy (non-hydrogen) atoms. The summed E-state index contributed by atoms with van der Waals surface area (Å²) < 4.78 is 0. The summed E-state index contributed by atoms with van der Waals surface area (Å²) in [6, 6.07) is 16.4. The highest BCUT2D eigenvalue weighted by atomic mass is 14.8. The van der Waals surface area contributed by atoms with Crippen molar-refractivity contribution in [1.29, 1.82) is 0 Å². The Balaban J connectivity index is 0.000000980. The van der Waals surface area contributed by atoms with Gasteiger partial charge in [0.15, 0.2) is 0 Å². The Morgan fingerprint density at radius 1 is 0.462 bits per heavy atom. The smallest absolute Gasteiger partial charge is 0.0814 e. The van der Waals surface area contributed by atoms with Crippen molar-refractivity contribution >= 4 is 63.2 Å². The summed E-state index contributed by atoms with van der Waals surface area (Å²) in [5.41, 5.74) is 7.86. The molecule has 0 spiro atoms. The summed E-state index contributed by atoms with van der Waals surface area (Å²) in [4.78, 5) is 16.0. The molecule has 126 valence electrons. The van der Waals surface area contributed by atoms with E-state index in [4.69, 9.17) is 0 Å². The average Bonchev–Trinajstić information content (AvgIpc) is 3.32. The van der Waals surface area contributed by atoms with Gasteiger partial charge in [-0.1, -0.05) is 0 Å². The molecule has 0 saturated carbocycles. The minimum Gasteiger partial charge on any atom is -0.355 e. The summed E-state index contributed by atoms with van der Waals surface area (Å²) in [5, 5.41) is 0. The lowest BCUT2D eigenvalue weighted by molar-refractivity contribution is 1.31. The summed E-state index contributed by atoms with van der Waals surface area (Å²) in [6.45, 7) is 0. The van der Waals surface area contributed by atoms with Gasteiger partial charge in [-0.3, -0.25) is 0 Å².